The number of rotatable bonds is 3. The molecular weight excluding hydrogens is 378 g/mol. The Hall–Kier alpha value is -3.87. The highest BCUT2D eigenvalue weighted by atomic mass is 16.2. The first kappa shape index (κ1) is 19.4. The molecule has 0 radical (unpaired) electrons. The molecule has 0 fully saturated rings. The molecule has 7 nitrogen and oxygen atoms in total. The van der Waals surface area contributed by atoms with Gasteiger partial charge in [-0.1, -0.05) is 57.2 Å². The normalized spacial score (nSPS) is 11.4. The van der Waals surface area contributed by atoms with Crippen LogP contribution in [0.3, 0.4) is 0 Å². The lowest BCUT2D eigenvalue weighted by atomic mass is 9.86. The SMILES string of the molecule is CC(C)(C)c1ccc(-c2nc3ccccc3c(=O)n2NC(=O)c2cnccn2)cc1. The average Bonchev–Trinajstić information content (AvgIpc) is 2.75. The molecule has 0 saturated carbocycles. The number of hydrogen-bond donors (Lipinski definition) is 1. The van der Waals surface area contributed by atoms with Crippen LogP contribution >= 0.6 is 0 Å². The molecule has 0 unspecified atom stereocenters. The highest BCUT2D eigenvalue weighted by Crippen LogP contribution is 2.25. The quantitative estimate of drug-likeness (QED) is 0.569. The third-order valence-corrected chi connectivity index (χ3v) is 4.79. The van der Waals surface area contributed by atoms with Gasteiger partial charge in [0.2, 0.25) is 0 Å². The van der Waals surface area contributed by atoms with Gasteiger partial charge in [-0.2, -0.15) is 4.68 Å². The number of hydrogen-bond acceptors (Lipinski definition) is 5. The van der Waals surface area contributed by atoms with Gasteiger partial charge in [0.25, 0.3) is 11.5 Å². The molecule has 1 amide bonds. The van der Waals surface area contributed by atoms with E-state index in [0.717, 1.165) is 5.56 Å². The summed E-state index contributed by atoms with van der Waals surface area (Å²) in [6, 6.07) is 14.9. The Kier molecular flexibility index (Phi) is 4.87. The molecule has 2 aromatic carbocycles. The zero-order valence-electron chi connectivity index (χ0n) is 17.0. The summed E-state index contributed by atoms with van der Waals surface area (Å²) in [5.41, 5.74) is 4.79. The molecule has 150 valence electrons. The highest BCUT2D eigenvalue weighted by molar-refractivity contribution is 5.98. The third-order valence-electron chi connectivity index (χ3n) is 4.79. The van der Waals surface area contributed by atoms with Crippen LogP contribution in [0.25, 0.3) is 22.3 Å². The second kappa shape index (κ2) is 7.51. The maximum atomic E-state index is 13.2. The van der Waals surface area contributed by atoms with E-state index in [1.54, 1.807) is 18.2 Å². The molecule has 0 aliphatic rings. The summed E-state index contributed by atoms with van der Waals surface area (Å²) in [5.74, 6) is -0.203. The number of para-hydroxylation sites is 1. The molecule has 0 aliphatic carbocycles. The van der Waals surface area contributed by atoms with Crippen LogP contribution in [0.2, 0.25) is 0 Å². The van der Waals surface area contributed by atoms with Gasteiger partial charge in [0, 0.05) is 18.0 Å². The first-order chi connectivity index (χ1) is 14.3. The lowest BCUT2D eigenvalue weighted by Crippen LogP contribution is -2.35. The molecule has 0 atom stereocenters. The van der Waals surface area contributed by atoms with Crippen molar-refractivity contribution < 1.29 is 4.79 Å². The van der Waals surface area contributed by atoms with Crippen molar-refractivity contribution in [2.45, 2.75) is 26.2 Å². The van der Waals surface area contributed by atoms with E-state index in [1.807, 2.05) is 30.3 Å². The van der Waals surface area contributed by atoms with Crippen molar-refractivity contribution in [3.8, 4) is 11.4 Å². The first-order valence-electron chi connectivity index (χ1n) is 9.55. The van der Waals surface area contributed by atoms with Crippen LogP contribution in [0.15, 0.2) is 71.9 Å². The number of carbonyl (C=O) groups is 1. The van der Waals surface area contributed by atoms with Gasteiger partial charge in [-0.3, -0.25) is 20.0 Å². The van der Waals surface area contributed by atoms with Gasteiger partial charge >= 0.3 is 0 Å². The van der Waals surface area contributed by atoms with E-state index in [2.05, 4.69) is 41.1 Å². The minimum Gasteiger partial charge on any atom is -0.267 e. The number of nitrogens with zero attached hydrogens (tertiary/aromatic N) is 4. The van der Waals surface area contributed by atoms with E-state index in [-0.39, 0.29) is 16.7 Å². The Labute approximate surface area is 173 Å². The van der Waals surface area contributed by atoms with E-state index in [0.29, 0.717) is 22.3 Å². The van der Waals surface area contributed by atoms with E-state index < -0.39 is 5.91 Å². The second-order valence-corrected chi connectivity index (χ2v) is 7.95. The van der Waals surface area contributed by atoms with Crippen LogP contribution in [0.5, 0.6) is 0 Å². The van der Waals surface area contributed by atoms with Crippen molar-refractivity contribution in [3.05, 3.63) is 88.7 Å². The average molecular weight is 399 g/mol. The zero-order chi connectivity index (χ0) is 21.3. The zero-order valence-corrected chi connectivity index (χ0v) is 17.0. The van der Waals surface area contributed by atoms with Gasteiger partial charge in [0.1, 0.15) is 5.69 Å². The van der Waals surface area contributed by atoms with Gasteiger partial charge in [-0.15, -0.1) is 0 Å². The fourth-order valence-electron chi connectivity index (χ4n) is 3.12. The standard InChI is InChI=1S/C23H21N5O2/c1-23(2,3)16-10-8-15(9-11-16)20-26-18-7-5-4-6-17(18)22(30)28(20)27-21(29)19-14-24-12-13-25-19/h4-14H,1-3H3,(H,27,29). The van der Waals surface area contributed by atoms with Crippen molar-refractivity contribution >= 4 is 16.8 Å². The molecule has 2 aromatic heterocycles. The lowest BCUT2D eigenvalue weighted by molar-refractivity contribution is 0.100. The summed E-state index contributed by atoms with van der Waals surface area (Å²) in [6.07, 6.45) is 4.23. The fraction of sp³-hybridized carbons (Fsp3) is 0.174. The molecule has 4 aromatic rings. The smallest absolute Gasteiger partial charge is 0.267 e. The number of amides is 1. The van der Waals surface area contributed by atoms with Crippen molar-refractivity contribution in [2.24, 2.45) is 0 Å². The molecular formula is C23H21N5O2. The van der Waals surface area contributed by atoms with Crippen molar-refractivity contribution in [1.29, 1.82) is 0 Å². The molecule has 7 heteroatoms. The summed E-state index contributed by atoms with van der Waals surface area (Å²) >= 11 is 0. The van der Waals surface area contributed by atoms with Crippen LogP contribution in [-0.4, -0.2) is 25.5 Å². The Morgan fingerprint density at radius 1 is 1.00 bits per heavy atom. The second-order valence-electron chi connectivity index (χ2n) is 7.95. The Morgan fingerprint density at radius 3 is 2.40 bits per heavy atom. The Morgan fingerprint density at radius 2 is 1.73 bits per heavy atom. The molecule has 30 heavy (non-hydrogen) atoms. The van der Waals surface area contributed by atoms with Crippen LogP contribution in [0.4, 0.5) is 0 Å². The number of carbonyl (C=O) groups excluding carboxylic acids is 1. The van der Waals surface area contributed by atoms with Crippen molar-refractivity contribution in [3.63, 3.8) is 0 Å². The molecule has 0 spiro atoms. The van der Waals surface area contributed by atoms with Gasteiger partial charge in [0.05, 0.1) is 17.1 Å². The van der Waals surface area contributed by atoms with Gasteiger partial charge in [-0.25, -0.2) is 9.97 Å². The third kappa shape index (κ3) is 3.69. The molecule has 0 aliphatic heterocycles. The summed E-state index contributed by atoms with van der Waals surface area (Å²) in [7, 11) is 0. The molecule has 1 N–H and O–H groups in total. The Balaban J connectivity index is 1.86. The van der Waals surface area contributed by atoms with E-state index in [9.17, 15) is 9.59 Å². The predicted octanol–water partition coefficient (Wildman–Crippen LogP) is 3.53. The van der Waals surface area contributed by atoms with Crippen LogP contribution in [0.1, 0.15) is 36.8 Å². The molecule has 0 bridgehead atoms. The lowest BCUT2D eigenvalue weighted by Gasteiger charge is -2.20. The van der Waals surface area contributed by atoms with E-state index in [1.165, 1.54) is 23.3 Å². The van der Waals surface area contributed by atoms with Gasteiger partial charge in [0.15, 0.2) is 5.82 Å². The number of nitrogens with one attached hydrogen (secondary N) is 1. The van der Waals surface area contributed by atoms with E-state index in [4.69, 9.17) is 0 Å². The highest BCUT2D eigenvalue weighted by Gasteiger charge is 2.18. The summed E-state index contributed by atoms with van der Waals surface area (Å²) in [6.45, 7) is 6.40. The maximum absolute atomic E-state index is 13.2. The molecule has 4 rings (SSSR count). The van der Waals surface area contributed by atoms with Gasteiger partial charge < -0.3 is 0 Å². The topological polar surface area (TPSA) is 89.8 Å². The fourth-order valence-corrected chi connectivity index (χ4v) is 3.12. The van der Waals surface area contributed by atoms with E-state index >= 15 is 0 Å². The van der Waals surface area contributed by atoms with Crippen LogP contribution in [0, 0.1) is 0 Å². The maximum Gasteiger partial charge on any atom is 0.290 e. The number of aromatic nitrogens is 4. The summed E-state index contributed by atoms with van der Waals surface area (Å²) < 4.78 is 1.17. The minimum atomic E-state index is -0.546. The Bertz CT molecular complexity index is 1270. The molecule has 2 heterocycles. The minimum absolute atomic E-state index is 0.00476. The monoisotopic (exact) mass is 399 g/mol. The molecule has 0 saturated heterocycles. The van der Waals surface area contributed by atoms with Crippen LogP contribution in [-0.2, 0) is 5.41 Å². The first-order valence-corrected chi connectivity index (χ1v) is 9.55. The number of fused-ring (bicyclic) bond motifs is 1. The summed E-state index contributed by atoms with van der Waals surface area (Å²) in [5, 5.41) is 0.409. The predicted molar refractivity (Wildman–Crippen MR) is 116 cm³/mol. The van der Waals surface area contributed by atoms with Crippen molar-refractivity contribution in [2.75, 3.05) is 5.43 Å². The summed E-state index contributed by atoms with van der Waals surface area (Å²) in [4.78, 5) is 38.4. The van der Waals surface area contributed by atoms with Gasteiger partial charge in [-0.05, 0) is 23.1 Å². The van der Waals surface area contributed by atoms with Crippen molar-refractivity contribution in [1.82, 2.24) is 19.6 Å². The largest absolute Gasteiger partial charge is 0.290 e. The van der Waals surface area contributed by atoms with Crippen LogP contribution < -0.4 is 11.0 Å². The number of benzene rings is 2.